The predicted octanol–water partition coefficient (Wildman–Crippen LogP) is 2.10. The minimum absolute atomic E-state index is 0.120. The van der Waals surface area contributed by atoms with Crippen LogP contribution in [0.1, 0.15) is 17.3 Å². The summed E-state index contributed by atoms with van der Waals surface area (Å²) < 4.78 is 10.1. The van der Waals surface area contributed by atoms with Crippen LogP contribution in [0.4, 0.5) is 6.01 Å². The molecular weight excluding hydrogens is 220 g/mol. The van der Waals surface area contributed by atoms with Crippen molar-refractivity contribution in [1.82, 2.24) is 4.98 Å². The van der Waals surface area contributed by atoms with Crippen molar-refractivity contribution in [3.8, 4) is 11.3 Å². The monoisotopic (exact) mass is 232 g/mol. The van der Waals surface area contributed by atoms with Crippen molar-refractivity contribution < 1.29 is 13.9 Å². The number of nitrogens with two attached hydrogens (primary N) is 1. The molecule has 0 aliphatic heterocycles. The van der Waals surface area contributed by atoms with Gasteiger partial charge in [0.15, 0.2) is 5.76 Å². The maximum absolute atomic E-state index is 11.4. The average molecular weight is 232 g/mol. The average Bonchev–Trinajstić information content (AvgIpc) is 2.76. The van der Waals surface area contributed by atoms with Crippen molar-refractivity contribution in [2.24, 2.45) is 0 Å². The van der Waals surface area contributed by atoms with E-state index in [2.05, 4.69) is 4.98 Å². The van der Waals surface area contributed by atoms with Crippen LogP contribution in [0.3, 0.4) is 0 Å². The van der Waals surface area contributed by atoms with Crippen molar-refractivity contribution in [2.45, 2.75) is 6.92 Å². The molecule has 88 valence electrons. The van der Waals surface area contributed by atoms with E-state index in [0.717, 1.165) is 5.56 Å². The Labute approximate surface area is 98.2 Å². The molecule has 1 aromatic heterocycles. The highest BCUT2D eigenvalue weighted by molar-refractivity contribution is 5.89. The summed E-state index contributed by atoms with van der Waals surface area (Å²) in [5.41, 5.74) is 6.69. The number of ether oxygens (including phenoxy) is 1. The number of aromatic nitrogens is 1. The summed E-state index contributed by atoms with van der Waals surface area (Å²) in [6.45, 7) is 2.13. The number of benzene rings is 1. The van der Waals surface area contributed by atoms with Gasteiger partial charge in [-0.2, -0.15) is 0 Å². The Hall–Kier alpha value is -2.30. The van der Waals surface area contributed by atoms with E-state index in [1.54, 1.807) is 31.2 Å². The number of anilines is 1. The standard InChI is InChI=1S/C12H12N2O3/c1-2-16-11(15)9-5-3-8(4-6-9)10-7-14-12(13)17-10/h3-7H,2H2,1H3,(H2,13,14). The third-order valence-corrected chi connectivity index (χ3v) is 2.20. The zero-order valence-electron chi connectivity index (χ0n) is 9.34. The molecule has 0 saturated heterocycles. The maximum Gasteiger partial charge on any atom is 0.338 e. The highest BCUT2D eigenvalue weighted by Crippen LogP contribution is 2.21. The first-order valence-corrected chi connectivity index (χ1v) is 5.19. The van der Waals surface area contributed by atoms with E-state index in [4.69, 9.17) is 14.9 Å². The van der Waals surface area contributed by atoms with Gasteiger partial charge in [0.1, 0.15) is 0 Å². The van der Waals surface area contributed by atoms with Gasteiger partial charge >= 0.3 is 5.97 Å². The van der Waals surface area contributed by atoms with E-state index >= 15 is 0 Å². The quantitative estimate of drug-likeness (QED) is 0.820. The maximum atomic E-state index is 11.4. The molecule has 1 heterocycles. The summed E-state index contributed by atoms with van der Waals surface area (Å²) in [6, 6.07) is 6.98. The first kappa shape index (κ1) is 11.2. The topological polar surface area (TPSA) is 78.3 Å². The number of carbonyl (C=O) groups excluding carboxylic acids is 1. The van der Waals surface area contributed by atoms with Gasteiger partial charge in [-0.15, -0.1) is 0 Å². The van der Waals surface area contributed by atoms with Gasteiger partial charge in [-0.1, -0.05) is 12.1 Å². The van der Waals surface area contributed by atoms with Crippen LogP contribution < -0.4 is 5.73 Å². The summed E-state index contributed by atoms with van der Waals surface area (Å²) in [4.78, 5) is 15.2. The lowest BCUT2D eigenvalue weighted by molar-refractivity contribution is 0.0526. The Bertz CT molecular complexity index is 517. The molecule has 0 aliphatic carbocycles. The van der Waals surface area contributed by atoms with Crippen LogP contribution in [0, 0.1) is 0 Å². The van der Waals surface area contributed by atoms with Crippen LogP contribution in [0.15, 0.2) is 34.9 Å². The van der Waals surface area contributed by atoms with Gasteiger partial charge < -0.3 is 14.9 Å². The van der Waals surface area contributed by atoms with Gasteiger partial charge in [-0.25, -0.2) is 9.78 Å². The molecule has 0 unspecified atom stereocenters. The van der Waals surface area contributed by atoms with E-state index in [-0.39, 0.29) is 12.0 Å². The van der Waals surface area contributed by atoms with E-state index < -0.39 is 0 Å². The van der Waals surface area contributed by atoms with Crippen LogP contribution in [0.25, 0.3) is 11.3 Å². The number of nitrogen functional groups attached to an aromatic ring is 1. The lowest BCUT2D eigenvalue weighted by atomic mass is 10.1. The second-order valence-electron chi connectivity index (χ2n) is 3.36. The molecular formula is C12H12N2O3. The van der Waals surface area contributed by atoms with Crippen LogP contribution in [0.5, 0.6) is 0 Å². The summed E-state index contributed by atoms with van der Waals surface area (Å²) in [7, 11) is 0. The van der Waals surface area contributed by atoms with Crippen molar-refractivity contribution >= 4 is 12.0 Å². The van der Waals surface area contributed by atoms with Gasteiger partial charge in [-0.05, 0) is 19.1 Å². The molecule has 0 atom stereocenters. The molecule has 0 aliphatic rings. The molecule has 5 heteroatoms. The third-order valence-electron chi connectivity index (χ3n) is 2.20. The molecule has 0 spiro atoms. The molecule has 0 bridgehead atoms. The smallest absolute Gasteiger partial charge is 0.338 e. The summed E-state index contributed by atoms with van der Waals surface area (Å²) in [6.07, 6.45) is 1.54. The summed E-state index contributed by atoms with van der Waals surface area (Å²) in [5, 5.41) is 0. The van der Waals surface area contributed by atoms with Gasteiger partial charge in [0.2, 0.25) is 0 Å². The number of hydrogen-bond donors (Lipinski definition) is 1. The zero-order chi connectivity index (χ0) is 12.3. The Morgan fingerprint density at radius 1 is 1.41 bits per heavy atom. The molecule has 1 aromatic carbocycles. The van der Waals surface area contributed by atoms with Crippen LogP contribution in [-0.2, 0) is 4.74 Å². The van der Waals surface area contributed by atoms with Crippen LogP contribution >= 0.6 is 0 Å². The van der Waals surface area contributed by atoms with Gasteiger partial charge in [0.25, 0.3) is 6.01 Å². The number of nitrogens with zero attached hydrogens (tertiary/aromatic N) is 1. The molecule has 2 rings (SSSR count). The Morgan fingerprint density at radius 2 is 2.12 bits per heavy atom. The highest BCUT2D eigenvalue weighted by atomic mass is 16.5. The highest BCUT2D eigenvalue weighted by Gasteiger charge is 2.08. The number of hydrogen-bond acceptors (Lipinski definition) is 5. The summed E-state index contributed by atoms with van der Waals surface area (Å²) >= 11 is 0. The normalized spacial score (nSPS) is 10.2. The van der Waals surface area contributed by atoms with Gasteiger partial charge in [-0.3, -0.25) is 0 Å². The number of oxazole rings is 1. The second kappa shape index (κ2) is 4.69. The second-order valence-corrected chi connectivity index (χ2v) is 3.36. The van der Waals surface area contributed by atoms with Crippen LogP contribution in [0.2, 0.25) is 0 Å². The molecule has 0 fully saturated rings. The molecule has 0 radical (unpaired) electrons. The van der Waals surface area contributed by atoms with Crippen molar-refractivity contribution in [2.75, 3.05) is 12.3 Å². The third kappa shape index (κ3) is 2.44. The van der Waals surface area contributed by atoms with E-state index in [9.17, 15) is 4.79 Å². The van der Waals surface area contributed by atoms with Crippen LogP contribution in [-0.4, -0.2) is 17.6 Å². The lowest BCUT2D eigenvalue weighted by Crippen LogP contribution is -2.03. The lowest BCUT2D eigenvalue weighted by Gasteiger charge is -2.02. The fourth-order valence-corrected chi connectivity index (χ4v) is 1.41. The Balaban J connectivity index is 2.21. The van der Waals surface area contributed by atoms with E-state index in [0.29, 0.717) is 17.9 Å². The predicted molar refractivity (Wildman–Crippen MR) is 62.3 cm³/mol. The fourth-order valence-electron chi connectivity index (χ4n) is 1.41. The minimum atomic E-state index is -0.337. The first-order chi connectivity index (χ1) is 8.20. The van der Waals surface area contributed by atoms with Gasteiger partial charge in [0, 0.05) is 5.56 Å². The van der Waals surface area contributed by atoms with E-state index in [1.165, 1.54) is 6.20 Å². The SMILES string of the molecule is CCOC(=O)c1ccc(-c2cnc(N)o2)cc1. The number of carbonyl (C=O) groups is 1. The molecule has 17 heavy (non-hydrogen) atoms. The molecule has 0 amide bonds. The first-order valence-electron chi connectivity index (χ1n) is 5.19. The van der Waals surface area contributed by atoms with Gasteiger partial charge in [0.05, 0.1) is 18.4 Å². The Morgan fingerprint density at radius 3 is 2.65 bits per heavy atom. The Kier molecular flexibility index (Phi) is 3.09. The van der Waals surface area contributed by atoms with Crippen molar-refractivity contribution in [3.63, 3.8) is 0 Å². The molecule has 2 aromatic rings. The number of rotatable bonds is 3. The zero-order valence-corrected chi connectivity index (χ0v) is 9.34. The van der Waals surface area contributed by atoms with Crippen molar-refractivity contribution in [3.05, 3.63) is 36.0 Å². The fraction of sp³-hybridized carbons (Fsp3) is 0.167. The minimum Gasteiger partial charge on any atom is -0.462 e. The van der Waals surface area contributed by atoms with E-state index in [1.807, 2.05) is 0 Å². The summed E-state index contributed by atoms with van der Waals surface area (Å²) in [5.74, 6) is 0.231. The molecule has 2 N–H and O–H groups in total. The molecule has 0 saturated carbocycles. The largest absolute Gasteiger partial charge is 0.462 e. The van der Waals surface area contributed by atoms with Crippen molar-refractivity contribution in [1.29, 1.82) is 0 Å². The number of esters is 1. The molecule has 5 nitrogen and oxygen atoms in total.